The third kappa shape index (κ3) is 2.68. The second-order valence-electron chi connectivity index (χ2n) is 5.23. The highest BCUT2D eigenvalue weighted by molar-refractivity contribution is 9.10. The van der Waals surface area contributed by atoms with E-state index in [0.717, 1.165) is 39.3 Å². The Labute approximate surface area is 138 Å². The molecule has 0 saturated heterocycles. The molecule has 0 aliphatic carbocycles. The second-order valence-corrected chi connectivity index (χ2v) is 6.15. The minimum absolute atomic E-state index is 0.765. The smallest absolute Gasteiger partial charge is 0.182 e. The van der Waals surface area contributed by atoms with Crippen LogP contribution in [0.3, 0.4) is 0 Å². The van der Waals surface area contributed by atoms with Gasteiger partial charge in [-0.2, -0.15) is 0 Å². The maximum atomic E-state index is 4.52. The molecule has 112 valence electrons. The Hall–Kier alpha value is -2.01. The number of halogens is 1. The molecule has 0 aliphatic heterocycles. The molecule has 0 aliphatic rings. The number of rotatable bonds is 3. The van der Waals surface area contributed by atoms with Crippen molar-refractivity contribution in [2.45, 2.75) is 27.2 Å². The first-order valence-electron chi connectivity index (χ1n) is 7.24. The first-order valence-corrected chi connectivity index (χ1v) is 8.04. The molecule has 0 radical (unpaired) electrons. The summed E-state index contributed by atoms with van der Waals surface area (Å²) in [6.45, 7) is 6.14. The van der Waals surface area contributed by atoms with Crippen molar-refractivity contribution in [1.29, 1.82) is 0 Å². The largest absolute Gasteiger partial charge is 0.282 e. The van der Waals surface area contributed by atoms with Crippen LogP contribution >= 0.6 is 15.9 Å². The van der Waals surface area contributed by atoms with Crippen molar-refractivity contribution in [1.82, 2.24) is 9.38 Å². The van der Waals surface area contributed by atoms with Crippen LogP contribution in [0.4, 0.5) is 11.5 Å². The molecular weight excluding hydrogens is 340 g/mol. The molecule has 4 nitrogen and oxygen atoms in total. The average molecular weight is 357 g/mol. The van der Waals surface area contributed by atoms with Crippen LogP contribution in [-0.4, -0.2) is 9.38 Å². The number of hydrogen-bond acceptors (Lipinski definition) is 3. The van der Waals surface area contributed by atoms with Crippen molar-refractivity contribution in [3.63, 3.8) is 0 Å². The van der Waals surface area contributed by atoms with Crippen LogP contribution in [0.15, 0.2) is 51.2 Å². The van der Waals surface area contributed by atoms with Crippen molar-refractivity contribution in [3.8, 4) is 0 Å². The van der Waals surface area contributed by atoms with E-state index in [1.807, 2.05) is 29.7 Å². The average Bonchev–Trinajstić information content (AvgIpc) is 2.81. The third-order valence-corrected chi connectivity index (χ3v) is 4.14. The SMILES string of the molecule is CCc1cccc(C)c1N=Nc1c(C)nc2ccc(Br)cn12. The van der Waals surface area contributed by atoms with Gasteiger partial charge in [-0.15, -0.1) is 10.2 Å². The van der Waals surface area contributed by atoms with Crippen molar-refractivity contribution in [2.24, 2.45) is 10.2 Å². The van der Waals surface area contributed by atoms with Crippen LogP contribution in [0.25, 0.3) is 5.65 Å². The summed E-state index contributed by atoms with van der Waals surface area (Å²) >= 11 is 3.49. The summed E-state index contributed by atoms with van der Waals surface area (Å²) in [6, 6.07) is 10.1. The Bertz CT molecular complexity index is 864. The number of hydrogen-bond donors (Lipinski definition) is 0. The van der Waals surface area contributed by atoms with Gasteiger partial charge in [-0.05, 0) is 59.5 Å². The lowest BCUT2D eigenvalue weighted by molar-refractivity contribution is 1.06. The number of pyridine rings is 1. The predicted octanol–water partition coefficient (Wildman–Crippen LogP) is 5.69. The maximum Gasteiger partial charge on any atom is 0.182 e. The highest BCUT2D eigenvalue weighted by Crippen LogP contribution is 2.29. The molecule has 0 N–H and O–H groups in total. The molecule has 0 atom stereocenters. The van der Waals surface area contributed by atoms with Gasteiger partial charge in [-0.1, -0.05) is 25.1 Å². The summed E-state index contributed by atoms with van der Waals surface area (Å²) in [6.07, 6.45) is 2.90. The van der Waals surface area contributed by atoms with E-state index >= 15 is 0 Å². The number of aryl methyl sites for hydroxylation is 3. The molecular formula is C17H17BrN4. The van der Waals surface area contributed by atoms with Crippen LogP contribution in [0.1, 0.15) is 23.7 Å². The summed E-state index contributed by atoms with van der Waals surface area (Å²) < 4.78 is 2.94. The molecule has 22 heavy (non-hydrogen) atoms. The van der Waals surface area contributed by atoms with E-state index in [-0.39, 0.29) is 0 Å². The molecule has 3 rings (SSSR count). The Morgan fingerprint density at radius 2 is 1.95 bits per heavy atom. The molecule has 0 bridgehead atoms. The second kappa shape index (κ2) is 6.01. The number of nitrogens with zero attached hydrogens (tertiary/aromatic N) is 4. The molecule has 2 aromatic heterocycles. The molecule has 2 heterocycles. The molecule has 1 aromatic carbocycles. The van der Waals surface area contributed by atoms with E-state index in [4.69, 9.17) is 0 Å². The molecule has 0 fully saturated rings. The van der Waals surface area contributed by atoms with Crippen molar-refractivity contribution in [3.05, 3.63) is 57.8 Å². The van der Waals surface area contributed by atoms with E-state index in [9.17, 15) is 0 Å². The first kappa shape index (κ1) is 14.9. The number of aromatic nitrogens is 2. The van der Waals surface area contributed by atoms with Crippen LogP contribution in [0, 0.1) is 13.8 Å². The summed E-state index contributed by atoms with van der Waals surface area (Å²) in [5.74, 6) is 0.765. The summed E-state index contributed by atoms with van der Waals surface area (Å²) in [5.41, 5.74) is 5.03. The monoisotopic (exact) mass is 356 g/mol. The lowest BCUT2D eigenvalue weighted by Gasteiger charge is -2.05. The van der Waals surface area contributed by atoms with Gasteiger partial charge in [0.15, 0.2) is 5.82 Å². The third-order valence-electron chi connectivity index (χ3n) is 3.67. The molecule has 3 aromatic rings. The fourth-order valence-corrected chi connectivity index (χ4v) is 2.83. The van der Waals surface area contributed by atoms with E-state index in [0.29, 0.717) is 0 Å². The minimum atomic E-state index is 0.765. The molecule has 5 heteroatoms. The van der Waals surface area contributed by atoms with Gasteiger partial charge in [0.25, 0.3) is 0 Å². The molecule has 0 saturated carbocycles. The quantitative estimate of drug-likeness (QED) is 0.555. The van der Waals surface area contributed by atoms with Crippen molar-refractivity contribution >= 4 is 33.1 Å². The van der Waals surface area contributed by atoms with Crippen molar-refractivity contribution < 1.29 is 0 Å². The zero-order valence-corrected chi connectivity index (χ0v) is 14.4. The molecule has 0 amide bonds. The highest BCUT2D eigenvalue weighted by Gasteiger charge is 2.09. The lowest BCUT2D eigenvalue weighted by atomic mass is 10.1. The van der Waals surface area contributed by atoms with Gasteiger partial charge in [0.1, 0.15) is 5.65 Å². The van der Waals surface area contributed by atoms with Gasteiger partial charge in [0.2, 0.25) is 0 Å². The number of benzene rings is 1. The van der Waals surface area contributed by atoms with Crippen molar-refractivity contribution in [2.75, 3.05) is 0 Å². The van der Waals surface area contributed by atoms with Crippen LogP contribution in [-0.2, 0) is 6.42 Å². The van der Waals surface area contributed by atoms with Gasteiger partial charge >= 0.3 is 0 Å². The van der Waals surface area contributed by atoms with E-state index in [2.05, 4.69) is 63.2 Å². The zero-order chi connectivity index (χ0) is 15.7. The highest BCUT2D eigenvalue weighted by atomic mass is 79.9. The molecule has 0 unspecified atom stereocenters. The van der Waals surface area contributed by atoms with E-state index in [1.165, 1.54) is 5.56 Å². The molecule has 0 spiro atoms. The van der Waals surface area contributed by atoms with Gasteiger partial charge in [-0.25, -0.2) is 4.98 Å². The summed E-state index contributed by atoms with van der Waals surface area (Å²) in [7, 11) is 0. The standard InChI is InChI=1S/C17H17BrN4/c1-4-13-7-5-6-11(2)16(13)20-21-17-12(3)19-15-9-8-14(18)10-22(15)17/h5-10H,4H2,1-3H3. The zero-order valence-electron chi connectivity index (χ0n) is 12.8. The van der Waals surface area contributed by atoms with Crippen LogP contribution in [0.5, 0.6) is 0 Å². The minimum Gasteiger partial charge on any atom is -0.282 e. The van der Waals surface area contributed by atoms with Crippen LogP contribution < -0.4 is 0 Å². The van der Waals surface area contributed by atoms with E-state index < -0.39 is 0 Å². The fraction of sp³-hybridized carbons (Fsp3) is 0.235. The Kier molecular flexibility index (Phi) is 4.07. The topological polar surface area (TPSA) is 42.0 Å². The van der Waals surface area contributed by atoms with E-state index in [1.54, 1.807) is 0 Å². The van der Waals surface area contributed by atoms with Gasteiger partial charge in [0, 0.05) is 10.7 Å². The Balaban J connectivity index is 2.11. The van der Waals surface area contributed by atoms with Gasteiger partial charge in [0.05, 0.1) is 11.4 Å². The predicted molar refractivity (Wildman–Crippen MR) is 92.4 cm³/mol. The summed E-state index contributed by atoms with van der Waals surface area (Å²) in [5, 5.41) is 8.99. The number of fused-ring (bicyclic) bond motifs is 1. The van der Waals surface area contributed by atoms with Gasteiger partial charge in [-0.3, -0.25) is 4.40 Å². The normalized spacial score (nSPS) is 11.6. The summed E-state index contributed by atoms with van der Waals surface area (Å²) in [4.78, 5) is 4.52. The maximum absolute atomic E-state index is 4.52. The first-order chi connectivity index (χ1) is 10.6. The lowest BCUT2D eigenvalue weighted by Crippen LogP contribution is -1.85. The van der Waals surface area contributed by atoms with Crippen LogP contribution in [0.2, 0.25) is 0 Å². The number of imidazole rings is 1. The fourth-order valence-electron chi connectivity index (χ4n) is 2.49. The number of azo groups is 1. The Morgan fingerprint density at radius 1 is 1.14 bits per heavy atom. The Morgan fingerprint density at radius 3 is 2.73 bits per heavy atom. The van der Waals surface area contributed by atoms with Gasteiger partial charge < -0.3 is 0 Å².